The van der Waals surface area contributed by atoms with Crippen LogP contribution in [0.1, 0.15) is 37.8 Å². The minimum absolute atomic E-state index is 0.348. The lowest BCUT2D eigenvalue weighted by atomic mass is 10.0. The Hall–Kier alpha value is -1.87. The molecule has 33 heavy (non-hydrogen) atoms. The van der Waals surface area contributed by atoms with Crippen LogP contribution in [-0.4, -0.2) is 30.1 Å². The molecule has 0 aliphatic carbocycles. The SMILES string of the molecule is C=C(C)/C(=C\C=C/C)c1cc(SNc2ccc(C(F)(F)F)c(O)c2)sc1Cl.CN1CCCC1. The predicted molar refractivity (Wildman–Crippen MR) is 136 cm³/mol. The van der Waals surface area contributed by atoms with E-state index in [4.69, 9.17) is 11.6 Å². The van der Waals surface area contributed by atoms with Gasteiger partial charge >= 0.3 is 6.18 Å². The minimum Gasteiger partial charge on any atom is -0.507 e. The van der Waals surface area contributed by atoms with E-state index in [0.717, 1.165) is 33.1 Å². The van der Waals surface area contributed by atoms with Gasteiger partial charge in [0.2, 0.25) is 0 Å². The molecule has 1 aliphatic rings. The normalized spacial score (nSPS) is 14.9. The molecule has 2 heterocycles. The maximum absolute atomic E-state index is 12.7. The molecule has 1 aromatic heterocycles. The lowest BCUT2D eigenvalue weighted by Crippen LogP contribution is -2.10. The van der Waals surface area contributed by atoms with Crippen molar-refractivity contribution in [2.24, 2.45) is 0 Å². The zero-order chi connectivity index (χ0) is 24.6. The molecule has 1 fully saturated rings. The number of aromatic hydroxyl groups is 1. The first kappa shape index (κ1) is 27.4. The molecule has 3 rings (SSSR count). The average molecular weight is 517 g/mol. The van der Waals surface area contributed by atoms with E-state index in [-0.39, 0.29) is 0 Å². The number of alkyl halides is 3. The quantitative estimate of drug-likeness (QED) is 0.298. The third-order valence-corrected chi connectivity index (χ3v) is 7.08. The molecule has 0 spiro atoms. The summed E-state index contributed by atoms with van der Waals surface area (Å²) in [7, 11) is 2.17. The van der Waals surface area contributed by atoms with Crippen LogP contribution in [0.25, 0.3) is 5.57 Å². The first-order valence-electron chi connectivity index (χ1n) is 10.3. The number of rotatable bonds is 6. The molecular formula is C24H28ClF3N2OS2. The fourth-order valence-electron chi connectivity index (χ4n) is 3.05. The highest BCUT2D eigenvalue weighted by atomic mass is 35.5. The maximum Gasteiger partial charge on any atom is 0.419 e. The van der Waals surface area contributed by atoms with Crippen LogP contribution in [0.2, 0.25) is 4.34 Å². The van der Waals surface area contributed by atoms with Crippen molar-refractivity contribution < 1.29 is 18.3 Å². The first-order chi connectivity index (χ1) is 15.5. The van der Waals surface area contributed by atoms with Gasteiger partial charge in [-0.1, -0.05) is 42.0 Å². The highest BCUT2D eigenvalue weighted by Crippen LogP contribution is 2.41. The number of phenols is 1. The van der Waals surface area contributed by atoms with E-state index in [9.17, 15) is 18.3 Å². The van der Waals surface area contributed by atoms with Crippen LogP contribution in [0.5, 0.6) is 5.75 Å². The molecule has 1 saturated heterocycles. The number of benzene rings is 1. The van der Waals surface area contributed by atoms with Crippen LogP contribution in [-0.2, 0) is 6.18 Å². The maximum atomic E-state index is 12.7. The van der Waals surface area contributed by atoms with Crippen molar-refractivity contribution in [3.63, 3.8) is 0 Å². The molecule has 2 N–H and O–H groups in total. The molecular weight excluding hydrogens is 489 g/mol. The number of likely N-dealkylation sites (tertiary alicyclic amines) is 1. The van der Waals surface area contributed by atoms with Crippen LogP contribution in [0.3, 0.4) is 0 Å². The number of allylic oxidation sites excluding steroid dienone is 5. The lowest BCUT2D eigenvalue weighted by Gasteiger charge is -2.10. The van der Waals surface area contributed by atoms with Crippen molar-refractivity contribution in [3.8, 4) is 5.75 Å². The number of hydrogen-bond donors (Lipinski definition) is 2. The van der Waals surface area contributed by atoms with E-state index >= 15 is 0 Å². The second-order valence-electron chi connectivity index (χ2n) is 7.58. The van der Waals surface area contributed by atoms with Gasteiger partial charge in [-0.05, 0) is 82.5 Å². The zero-order valence-electron chi connectivity index (χ0n) is 18.8. The Morgan fingerprint density at radius 3 is 2.42 bits per heavy atom. The van der Waals surface area contributed by atoms with Crippen molar-refractivity contribution in [1.29, 1.82) is 0 Å². The highest BCUT2D eigenvalue weighted by Gasteiger charge is 2.33. The first-order valence-corrected chi connectivity index (χ1v) is 12.3. The topological polar surface area (TPSA) is 35.5 Å². The standard InChI is InChI=1S/C19H17ClF3NOS2.C5H11N/c1-4-5-6-13(11(2)3)14-10-17(26-18(14)20)27-24-12-7-8-15(16(25)9-12)19(21,22)23;1-6-4-2-3-5-6/h4-10,24-25H,2H2,1,3H3;2-5H2,1H3/b5-4-,13-6+;. The number of nitrogens with one attached hydrogen (secondary N) is 1. The summed E-state index contributed by atoms with van der Waals surface area (Å²) in [5.41, 5.74) is 1.89. The fraction of sp³-hybridized carbons (Fsp3) is 0.333. The van der Waals surface area contributed by atoms with Gasteiger partial charge in [-0.25, -0.2) is 0 Å². The summed E-state index contributed by atoms with van der Waals surface area (Å²) < 4.78 is 42.4. The Kier molecular flexibility index (Phi) is 10.4. The number of phenolic OH excluding ortho intramolecular Hbond substituents is 1. The van der Waals surface area contributed by atoms with Gasteiger partial charge in [0.05, 0.1) is 9.77 Å². The van der Waals surface area contributed by atoms with Crippen molar-refractivity contribution in [1.82, 2.24) is 4.90 Å². The second-order valence-corrected chi connectivity index (χ2v) is 10.3. The summed E-state index contributed by atoms with van der Waals surface area (Å²) >= 11 is 8.89. The Morgan fingerprint density at radius 2 is 1.94 bits per heavy atom. The highest BCUT2D eigenvalue weighted by molar-refractivity contribution is 8.02. The summed E-state index contributed by atoms with van der Waals surface area (Å²) in [5, 5.41) is 9.58. The Morgan fingerprint density at radius 1 is 1.27 bits per heavy atom. The van der Waals surface area contributed by atoms with Gasteiger partial charge in [0.15, 0.2) is 0 Å². The van der Waals surface area contributed by atoms with Gasteiger partial charge in [-0.2, -0.15) is 13.2 Å². The molecule has 3 nitrogen and oxygen atoms in total. The van der Waals surface area contributed by atoms with E-state index in [1.54, 1.807) is 0 Å². The number of anilines is 1. The smallest absolute Gasteiger partial charge is 0.419 e. The molecule has 2 aromatic rings. The van der Waals surface area contributed by atoms with Gasteiger partial charge in [0.25, 0.3) is 0 Å². The van der Waals surface area contributed by atoms with Gasteiger partial charge in [0, 0.05) is 17.3 Å². The number of hydrogen-bond acceptors (Lipinski definition) is 5. The van der Waals surface area contributed by atoms with E-state index < -0.39 is 17.5 Å². The van der Waals surface area contributed by atoms with Crippen molar-refractivity contribution in [3.05, 3.63) is 70.1 Å². The Balaban J connectivity index is 0.000000554. The molecule has 1 aliphatic heterocycles. The fourth-order valence-corrected chi connectivity index (χ4v) is 5.29. The third kappa shape index (κ3) is 8.45. The second kappa shape index (κ2) is 12.6. The summed E-state index contributed by atoms with van der Waals surface area (Å²) in [5.74, 6) is -0.822. The number of thiophene rings is 1. The summed E-state index contributed by atoms with van der Waals surface area (Å²) in [6.07, 6.45) is 3.95. The molecule has 0 saturated carbocycles. The van der Waals surface area contributed by atoms with Crippen molar-refractivity contribution >= 4 is 46.1 Å². The van der Waals surface area contributed by atoms with Crippen LogP contribution < -0.4 is 4.72 Å². The molecule has 0 amide bonds. The molecule has 0 atom stereocenters. The molecule has 180 valence electrons. The Bertz CT molecular complexity index is 1010. The van der Waals surface area contributed by atoms with Gasteiger partial charge in [-0.15, -0.1) is 11.3 Å². The van der Waals surface area contributed by atoms with Gasteiger partial charge in [-0.3, -0.25) is 0 Å². The largest absolute Gasteiger partial charge is 0.507 e. The van der Waals surface area contributed by atoms with E-state index in [1.807, 2.05) is 38.1 Å². The molecule has 0 unspecified atom stereocenters. The molecule has 1 aromatic carbocycles. The van der Waals surface area contributed by atoms with Crippen molar-refractivity contribution in [2.45, 2.75) is 37.1 Å². The zero-order valence-corrected chi connectivity index (χ0v) is 21.2. The van der Waals surface area contributed by atoms with Crippen LogP contribution in [0, 0.1) is 0 Å². The number of nitrogens with zero attached hydrogens (tertiary/aromatic N) is 1. The summed E-state index contributed by atoms with van der Waals surface area (Å²) in [4.78, 5) is 2.36. The van der Waals surface area contributed by atoms with E-state index in [2.05, 4.69) is 23.2 Å². The monoisotopic (exact) mass is 516 g/mol. The third-order valence-electron chi connectivity index (χ3n) is 4.77. The minimum atomic E-state index is -4.59. The Labute approximate surface area is 206 Å². The van der Waals surface area contributed by atoms with E-state index in [1.165, 1.54) is 55.3 Å². The predicted octanol–water partition coefficient (Wildman–Crippen LogP) is 8.49. The summed E-state index contributed by atoms with van der Waals surface area (Å²) in [6.45, 7) is 10.4. The molecule has 0 bridgehead atoms. The van der Waals surface area contributed by atoms with Gasteiger partial charge in [0.1, 0.15) is 10.1 Å². The summed E-state index contributed by atoms with van der Waals surface area (Å²) in [6, 6.07) is 5.02. The molecule has 0 radical (unpaired) electrons. The van der Waals surface area contributed by atoms with Crippen LogP contribution >= 0.6 is 34.9 Å². The van der Waals surface area contributed by atoms with Crippen molar-refractivity contribution in [2.75, 3.05) is 24.9 Å². The van der Waals surface area contributed by atoms with Crippen LogP contribution in [0.15, 0.2) is 58.9 Å². The average Bonchev–Trinajstić information content (AvgIpc) is 3.35. The molecule has 9 heteroatoms. The lowest BCUT2D eigenvalue weighted by molar-refractivity contribution is -0.138. The van der Waals surface area contributed by atoms with Gasteiger partial charge < -0.3 is 14.7 Å². The number of halogens is 4. The van der Waals surface area contributed by atoms with E-state index in [0.29, 0.717) is 10.0 Å². The van der Waals surface area contributed by atoms with Crippen LogP contribution in [0.4, 0.5) is 18.9 Å².